The second-order valence-electron chi connectivity index (χ2n) is 8.72. The SMILES string of the molecule is CC1=C(C=CC(C)[N+](C)(C)Cc2ccc(Cl)c(Cl)c2)C(C)(C)CCC1.[I-]. The lowest BCUT2D eigenvalue weighted by atomic mass is 9.72. The number of halogens is 3. The summed E-state index contributed by atoms with van der Waals surface area (Å²) in [5.41, 5.74) is 4.59. The smallest absolute Gasteiger partial charge is 0.105 e. The first-order valence-electron chi connectivity index (χ1n) is 9.18. The molecule has 1 aromatic carbocycles. The summed E-state index contributed by atoms with van der Waals surface area (Å²) >= 11 is 12.2. The Morgan fingerprint density at radius 1 is 1.19 bits per heavy atom. The van der Waals surface area contributed by atoms with Crippen molar-refractivity contribution in [3.8, 4) is 0 Å². The predicted molar refractivity (Wildman–Crippen MR) is 111 cm³/mol. The van der Waals surface area contributed by atoms with Gasteiger partial charge in [0, 0.05) is 5.56 Å². The normalized spacial score (nSPS) is 18.8. The molecule has 26 heavy (non-hydrogen) atoms. The molecule has 1 nitrogen and oxygen atoms in total. The molecule has 0 amide bonds. The molecule has 4 heteroatoms. The first-order chi connectivity index (χ1) is 11.5. The largest absolute Gasteiger partial charge is 1.00 e. The van der Waals surface area contributed by atoms with E-state index in [1.165, 1.54) is 30.4 Å². The van der Waals surface area contributed by atoms with Crippen LogP contribution < -0.4 is 24.0 Å². The van der Waals surface area contributed by atoms with Gasteiger partial charge in [0.1, 0.15) is 12.6 Å². The summed E-state index contributed by atoms with van der Waals surface area (Å²) in [4.78, 5) is 0. The maximum absolute atomic E-state index is 6.17. The van der Waals surface area contributed by atoms with Gasteiger partial charge in [0.05, 0.1) is 24.1 Å². The van der Waals surface area contributed by atoms with Crippen molar-refractivity contribution < 1.29 is 28.5 Å². The van der Waals surface area contributed by atoms with Gasteiger partial charge in [-0.05, 0) is 62.3 Å². The summed E-state index contributed by atoms with van der Waals surface area (Å²) < 4.78 is 0.876. The number of nitrogens with zero attached hydrogens (tertiary/aromatic N) is 1. The molecule has 0 fully saturated rings. The van der Waals surface area contributed by atoms with Crippen molar-refractivity contribution in [1.29, 1.82) is 0 Å². The summed E-state index contributed by atoms with van der Waals surface area (Å²) in [6.07, 6.45) is 8.58. The maximum Gasteiger partial charge on any atom is 0.105 e. The molecule has 0 saturated heterocycles. The molecule has 1 aliphatic rings. The van der Waals surface area contributed by atoms with E-state index in [0.717, 1.165) is 11.0 Å². The van der Waals surface area contributed by atoms with Crippen LogP contribution in [-0.4, -0.2) is 24.6 Å². The third-order valence-corrected chi connectivity index (χ3v) is 6.50. The zero-order chi connectivity index (χ0) is 18.8. The van der Waals surface area contributed by atoms with E-state index in [1.54, 1.807) is 5.57 Å². The van der Waals surface area contributed by atoms with Crippen LogP contribution in [0.15, 0.2) is 41.5 Å². The van der Waals surface area contributed by atoms with E-state index in [1.807, 2.05) is 12.1 Å². The monoisotopic (exact) mass is 507 g/mol. The van der Waals surface area contributed by atoms with Gasteiger partial charge in [-0.15, -0.1) is 0 Å². The molecule has 2 rings (SSSR count). The molecule has 0 radical (unpaired) electrons. The highest BCUT2D eigenvalue weighted by Crippen LogP contribution is 2.40. The number of likely N-dealkylation sites (N-methyl/N-ethyl adjacent to an activating group) is 1. The van der Waals surface area contributed by atoms with E-state index in [0.29, 0.717) is 21.5 Å². The van der Waals surface area contributed by atoms with Crippen molar-refractivity contribution >= 4 is 23.2 Å². The van der Waals surface area contributed by atoms with Gasteiger partial charge in [0.15, 0.2) is 0 Å². The zero-order valence-electron chi connectivity index (χ0n) is 16.9. The quantitative estimate of drug-likeness (QED) is 0.416. The molecule has 1 aliphatic carbocycles. The van der Waals surface area contributed by atoms with Crippen molar-refractivity contribution in [1.82, 2.24) is 0 Å². The summed E-state index contributed by atoms with van der Waals surface area (Å²) in [6, 6.07) is 6.35. The van der Waals surface area contributed by atoms with Gasteiger partial charge >= 0.3 is 0 Å². The van der Waals surface area contributed by atoms with Crippen molar-refractivity contribution in [2.24, 2.45) is 5.41 Å². The molecule has 1 unspecified atom stereocenters. The third kappa shape index (κ3) is 5.98. The molecule has 0 bridgehead atoms. The molecule has 1 atom stereocenters. The Morgan fingerprint density at radius 3 is 2.42 bits per heavy atom. The van der Waals surface area contributed by atoms with Crippen LogP contribution in [0, 0.1) is 5.41 Å². The van der Waals surface area contributed by atoms with Crippen LogP contribution in [0.25, 0.3) is 0 Å². The van der Waals surface area contributed by atoms with Gasteiger partial charge in [-0.25, -0.2) is 0 Å². The molecule has 0 spiro atoms. The Kier molecular flexibility index (Phi) is 8.72. The fourth-order valence-corrected chi connectivity index (χ4v) is 4.05. The number of benzene rings is 1. The number of quaternary nitrogens is 1. The summed E-state index contributed by atoms with van der Waals surface area (Å²) in [5.74, 6) is 0. The number of rotatable bonds is 5. The predicted octanol–water partition coefficient (Wildman–Crippen LogP) is 4.05. The van der Waals surface area contributed by atoms with E-state index in [-0.39, 0.29) is 24.0 Å². The molecular formula is C22H32Cl2IN. The number of hydrogen-bond donors (Lipinski definition) is 0. The highest BCUT2D eigenvalue weighted by atomic mass is 127. The Balaban J connectivity index is 0.00000338. The van der Waals surface area contributed by atoms with E-state index >= 15 is 0 Å². The lowest BCUT2D eigenvalue weighted by molar-refractivity contribution is -0.919. The zero-order valence-corrected chi connectivity index (χ0v) is 20.5. The molecule has 0 aliphatic heterocycles. The van der Waals surface area contributed by atoms with Crippen LogP contribution in [0.1, 0.15) is 52.5 Å². The van der Waals surface area contributed by atoms with Crippen molar-refractivity contribution in [2.45, 2.75) is 59.5 Å². The van der Waals surface area contributed by atoms with E-state index < -0.39 is 0 Å². The molecule has 0 aromatic heterocycles. The molecule has 0 heterocycles. The lowest BCUT2D eigenvalue weighted by Crippen LogP contribution is -3.00. The fraction of sp³-hybridized carbons (Fsp3) is 0.545. The fourth-order valence-electron chi connectivity index (χ4n) is 3.73. The Hall–Kier alpha value is -0.0300. The second kappa shape index (κ2) is 9.45. The van der Waals surface area contributed by atoms with Gasteiger partial charge in [-0.3, -0.25) is 0 Å². The number of hydrogen-bond acceptors (Lipinski definition) is 0. The number of allylic oxidation sites excluding steroid dienone is 3. The minimum atomic E-state index is 0. The molecular weight excluding hydrogens is 476 g/mol. The Bertz CT molecular complexity index is 689. The van der Waals surface area contributed by atoms with Crippen LogP contribution in [0.3, 0.4) is 0 Å². The third-order valence-electron chi connectivity index (χ3n) is 5.76. The Labute approximate surface area is 187 Å². The first-order valence-corrected chi connectivity index (χ1v) is 9.93. The molecule has 146 valence electrons. The van der Waals surface area contributed by atoms with Crippen LogP contribution in [0.5, 0.6) is 0 Å². The molecule has 0 saturated carbocycles. The topological polar surface area (TPSA) is 0 Å². The molecule has 0 N–H and O–H groups in total. The van der Waals surface area contributed by atoms with Gasteiger partial charge in [0.2, 0.25) is 0 Å². The maximum atomic E-state index is 6.17. The van der Waals surface area contributed by atoms with E-state index in [9.17, 15) is 0 Å². The van der Waals surface area contributed by atoms with Gasteiger partial charge in [0.25, 0.3) is 0 Å². The average molecular weight is 508 g/mol. The van der Waals surface area contributed by atoms with E-state index in [2.05, 4.69) is 60.0 Å². The van der Waals surface area contributed by atoms with Gasteiger partial charge in [-0.1, -0.05) is 54.8 Å². The minimum absolute atomic E-state index is 0. The van der Waals surface area contributed by atoms with Crippen LogP contribution >= 0.6 is 23.2 Å². The summed E-state index contributed by atoms with van der Waals surface area (Å²) in [7, 11) is 4.54. The Morgan fingerprint density at radius 2 is 1.85 bits per heavy atom. The average Bonchev–Trinajstić information content (AvgIpc) is 2.49. The van der Waals surface area contributed by atoms with Crippen molar-refractivity contribution in [2.75, 3.05) is 14.1 Å². The van der Waals surface area contributed by atoms with E-state index in [4.69, 9.17) is 23.2 Å². The standard InChI is InChI=1S/C22H32Cl2N.HI/c1-16-8-7-13-22(3,4)19(16)11-9-17(2)25(5,6)15-18-10-12-20(23)21(24)14-18;/h9-12,14,17H,7-8,13,15H2,1-6H3;1H/q+1;/p-1. The lowest BCUT2D eigenvalue weighted by Gasteiger charge is -2.36. The highest BCUT2D eigenvalue weighted by molar-refractivity contribution is 6.42. The highest BCUT2D eigenvalue weighted by Gasteiger charge is 2.28. The second-order valence-corrected chi connectivity index (χ2v) is 9.53. The van der Waals surface area contributed by atoms with Gasteiger partial charge < -0.3 is 28.5 Å². The van der Waals surface area contributed by atoms with Crippen LogP contribution in [0.2, 0.25) is 10.0 Å². The first kappa shape index (κ1) is 24.0. The summed E-state index contributed by atoms with van der Waals surface area (Å²) in [5, 5.41) is 1.25. The van der Waals surface area contributed by atoms with Crippen LogP contribution in [-0.2, 0) is 6.54 Å². The molecule has 1 aromatic rings. The van der Waals surface area contributed by atoms with Crippen molar-refractivity contribution in [3.05, 3.63) is 57.1 Å². The van der Waals surface area contributed by atoms with Crippen molar-refractivity contribution in [3.63, 3.8) is 0 Å². The summed E-state index contributed by atoms with van der Waals surface area (Å²) in [6.45, 7) is 10.2. The van der Waals surface area contributed by atoms with Crippen LogP contribution in [0.4, 0.5) is 0 Å². The minimum Gasteiger partial charge on any atom is -1.00 e. The van der Waals surface area contributed by atoms with Gasteiger partial charge in [-0.2, -0.15) is 0 Å².